The molecule has 4 aliphatic rings. The molecular formula is C28H37FO8. The maximum absolute atomic E-state index is 17.1. The summed E-state index contributed by atoms with van der Waals surface area (Å²) in [6.45, 7) is 5.94. The Morgan fingerprint density at radius 1 is 1.16 bits per heavy atom. The highest BCUT2D eigenvalue weighted by molar-refractivity contribution is 6.01. The second kappa shape index (κ2) is 8.83. The lowest BCUT2D eigenvalue weighted by Gasteiger charge is -2.62. The number of alkyl halides is 1. The lowest BCUT2D eigenvalue weighted by Crippen LogP contribution is -2.69. The first-order valence-electron chi connectivity index (χ1n) is 12.9. The minimum Gasteiger partial charge on any atom is -0.481 e. The number of Topliss-reactive ketones (excluding diaryl/α,β-unsaturated/α-hetero) is 1. The molecule has 3 N–H and O–H groups in total. The van der Waals surface area contributed by atoms with E-state index in [1.807, 2.05) is 0 Å². The highest BCUT2D eigenvalue weighted by atomic mass is 19.1. The third-order valence-electron chi connectivity index (χ3n) is 9.87. The number of aliphatic hydroxyl groups excluding tert-OH is 1. The van der Waals surface area contributed by atoms with Crippen molar-refractivity contribution >= 4 is 23.5 Å². The van der Waals surface area contributed by atoms with Gasteiger partial charge in [-0.3, -0.25) is 19.2 Å². The van der Waals surface area contributed by atoms with E-state index in [2.05, 4.69) is 0 Å². The largest absolute Gasteiger partial charge is 0.481 e. The fraction of sp³-hybridized carbons (Fsp3) is 0.714. The Labute approximate surface area is 215 Å². The number of allylic oxidation sites excluding steroid dienone is 4. The summed E-state index contributed by atoms with van der Waals surface area (Å²) in [5.41, 5.74) is -6.48. The van der Waals surface area contributed by atoms with E-state index in [-0.39, 0.29) is 31.5 Å². The van der Waals surface area contributed by atoms with Gasteiger partial charge in [0.1, 0.15) is 5.60 Å². The number of rotatable bonds is 7. The van der Waals surface area contributed by atoms with Gasteiger partial charge in [-0.25, -0.2) is 4.39 Å². The number of hydrogen-bond donors (Lipinski definition) is 3. The molecule has 0 aromatic rings. The van der Waals surface area contributed by atoms with E-state index in [9.17, 15) is 29.4 Å². The molecule has 204 valence electrons. The molecule has 0 aliphatic heterocycles. The van der Waals surface area contributed by atoms with Crippen LogP contribution in [0.5, 0.6) is 0 Å². The van der Waals surface area contributed by atoms with E-state index >= 15 is 4.39 Å². The number of carboxylic acids is 1. The Balaban J connectivity index is 1.53. The second-order valence-corrected chi connectivity index (χ2v) is 12.7. The molecule has 3 fully saturated rings. The van der Waals surface area contributed by atoms with E-state index in [1.165, 1.54) is 12.2 Å². The number of halogens is 1. The molecule has 0 radical (unpaired) electrons. The van der Waals surface area contributed by atoms with Crippen LogP contribution in [0, 0.1) is 28.1 Å². The molecule has 0 bridgehead atoms. The van der Waals surface area contributed by atoms with Crippen molar-refractivity contribution in [1.82, 2.24) is 0 Å². The van der Waals surface area contributed by atoms with Gasteiger partial charge in [-0.1, -0.05) is 32.4 Å². The van der Waals surface area contributed by atoms with Gasteiger partial charge in [0.25, 0.3) is 0 Å². The van der Waals surface area contributed by atoms with E-state index in [1.54, 1.807) is 33.8 Å². The van der Waals surface area contributed by atoms with Gasteiger partial charge in [0.2, 0.25) is 5.78 Å². The molecule has 37 heavy (non-hydrogen) atoms. The van der Waals surface area contributed by atoms with Crippen molar-refractivity contribution in [3.63, 3.8) is 0 Å². The molecule has 0 heterocycles. The lowest BCUT2D eigenvalue weighted by molar-refractivity contribution is -0.217. The maximum atomic E-state index is 17.1. The third kappa shape index (κ3) is 4.09. The van der Waals surface area contributed by atoms with Crippen LogP contribution in [-0.2, 0) is 23.9 Å². The Morgan fingerprint density at radius 3 is 2.49 bits per heavy atom. The predicted octanol–water partition coefficient (Wildman–Crippen LogP) is 3.09. The van der Waals surface area contributed by atoms with Crippen LogP contribution in [0.25, 0.3) is 0 Å². The minimum atomic E-state index is -2.06. The minimum absolute atomic E-state index is 0.0576. The van der Waals surface area contributed by atoms with Crippen molar-refractivity contribution in [3.05, 3.63) is 23.8 Å². The van der Waals surface area contributed by atoms with Crippen molar-refractivity contribution in [3.8, 4) is 0 Å². The van der Waals surface area contributed by atoms with Gasteiger partial charge < -0.3 is 20.1 Å². The van der Waals surface area contributed by atoms with Crippen LogP contribution >= 0.6 is 0 Å². The summed E-state index contributed by atoms with van der Waals surface area (Å²) in [6, 6.07) is 0. The molecule has 4 rings (SSSR count). The molecule has 0 saturated heterocycles. The number of ether oxygens (including phenoxy) is 1. The van der Waals surface area contributed by atoms with Crippen LogP contribution < -0.4 is 0 Å². The number of carbonyl (C=O) groups excluding carboxylic acids is 3. The summed E-state index contributed by atoms with van der Waals surface area (Å²) in [7, 11) is 0. The zero-order valence-corrected chi connectivity index (χ0v) is 21.9. The van der Waals surface area contributed by atoms with Crippen LogP contribution in [0.2, 0.25) is 0 Å². The standard InChI is InChI=1S/C28H37FO8/c1-24(2,13-22(33)34)14-23(35)37-15-21(32)27(36)10-8-18-19-6-5-16-11-17(30)7-9-25(16,3)28(19,29)20(31)12-26(18,27)4/h7,9,11,18-20,31,36H,5-6,8,10,12-15H2,1-4H3,(H,33,34)/t18?,19?,20-,25-,26-,27-,28-/m0/s1. The Bertz CT molecular complexity index is 1090. The van der Waals surface area contributed by atoms with Gasteiger partial charge >= 0.3 is 11.9 Å². The van der Waals surface area contributed by atoms with Gasteiger partial charge in [0.15, 0.2) is 18.1 Å². The van der Waals surface area contributed by atoms with Gasteiger partial charge in [0, 0.05) is 16.7 Å². The predicted molar refractivity (Wildman–Crippen MR) is 130 cm³/mol. The van der Waals surface area contributed by atoms with Crippen molar-refractivity contribution in [2.24, 2.45) is 28.1 Å². The number of hydrogen-bond acceptors (Lipinski definition) is 7. The molecule has 3 saturated carbocycles. The van der Waals surface area contributed by atoms with Crippen LogP contribution in [0.15, 0.2) is 23.8 Å². The molecule has 9 heteroatoms. The normalized spacial score (nSPS) is 40.8. The highest BCUT2D eigenvalue weighted by Gasteiger charge is 2.74. The van der Waals surface area contributed by atoms with E-state index in [0.717, 1.165) is 0 Å². The fourth-order valence-electron chi connectivity index (χ4n) is 7.85. The average Bonchev–Trinajstić information content (AvgIpc) is 3.04. The quantitative estimate of drug-likeness (QED) is 0.436. The number of aliphatic hydroxyl groups is 2. The second-order valence-electron chi connectivity index (χ2n) is 12.7. The first kappa shape index (κ1) is 27.6. The van der Waals surface area contributed by atoms with Crippen molar-refractivity contribution in [2.75, 3.05) is 6.61 Å². The Hall–Kier alpha value is -2.39. The van der Waals surface area contributed by atoms with E-state index < -0.39 is 69.8 Å². The van der Waals surface area contributed by atoms with Gasteiger partial charge in [0.05, 0.1) is 18.9 Å². The van der Waals surface area contributed by atoms with Gasteiger partial charge in [-0.05, 0) is 62.5 Å². The number of carbonyl (C=O) groups is 4. The van der Waals surface area contributed by atoms with Crippen molar-refractivity contribution < 1.29 is 43.6 Å². The number of carboxylic acid groups (broad SMARTS) is 1. The smallest absolute Gasteiger partial charge is 0.306 e. The summed E-state index contributed by atoms with van der Waals surface area (Å²) in [5.74, 6) is -3.74. The fourth-order valence-corrected chi connectivity index (χ4v) is 7.85. The topological polar surface area (TPSA) is 138 Å². The van der Waals surface area contributed by atoms with Gasteiger partial charge in [-0.15, -0.1) is 0 Å². The monoisotopic (exact) mass is 520 g/mol. The summed E-state index contributed by atoms with van der Waals surface area (Å²) in [6.07, 6.45) is 3.56. The molecular weight excluding hydrogens is 483 g/mol. The summed E-state index contributed by atoms with van der Waals surface area (Å²) < 4.78 is 22.2. The zero-order valence-electron chi connectivity index (χ0n) is 21.9. The molecule has 0 aromatic carbocycles. The summed E-state index contributed by atoms with van der Waals surface area (Å²) >= 11 is 0. The number of fused-ring (bicyclic) bond motifs is 5. The van der Waals surface area contributed by atoms with Gasteiger partial charge in [-0.2, -0.15) is 0 Å². The SMILES string of the molecule is CC(C)(CC(=O)O)CC(=O)OCC(=O)[C@@]1(O)CCC2C3CCC4=CC(=O)C=C[C@]4(C)[C@@]3(F)[C@@H](O)C[C@@]21C. The molecule has 8 nitrogen and oxygen atoms in total. The molecule has 0 amide bonds. The zero-order chi connectivity index (χ0) is 27.6. The Kier molecular flexibility index (Phi) is 6.60. The number of ketones is 2. The lowest BCUT2D eigenvalue weighted by atomic mass is 9.44. The van der Waals surface area contributed by atoms with Crippen LogP contribution in [0.1, 0.15) is 72.6 Å². The first-order chi connectivity index (χ1) is 17.0. The number of aliphatic carboxylic acids is 1. The van der Waals surface area contributed by atoms with Crippen molar-refractivity contribution in [2.45, 2.75) is 90.0 Å². The highest BCUT2D eigenvalue weighted by Crippen LogP contribution is 2.69. The van der Waals surface area contributed by atoms with Crippen LogP contribution in [0.3, 0.4) is 0 Å². The van der Waals surface area contributed by atoms with Crippen molar-refractivity contribution in [1.29, 1.82) is 0 Å². The molecule has 7 atom stereocenters. The third-order valence-corrected chi connectivity index (χ3v) is 9.87. The van der Waals surface area contributed by atoms with E-state index in [0.29, 0.717) is 24.8 Å². The number of esters is 1. The van der Waals surface area contributed by atoms with Crippen LogP contribution in [0.4, 0.5) is 4.39 Å². The molecule has 2 unspecified atom stereocenters. The molecule has 0 spiro atoms. The van der Waals surface area contributed by atoms with E-state index in [4.69, 9.17) is 9.84 Å². The molecule has 4 aliphatic carbocycles. The first-order valence-corrected chi connectivity index (χ1v) is 12.9. The van der Waals surface area contributed by atoms with Crippen LogP contribution in [-0.4, -0.2) is 62.8 Å². The Morgan fingerprint density at radius 2 is 1.84 bits per heavy atom. The summed E-state index contributed by atoms with van der Waals surface area (Å²) in [5, 5.41) is 32.0. The maximum Gasteiger partial charge on any atom is 0.306 e. The summed E-state index contributed by atoms with van der Waals surface area (Å²) in [4.78, 5) is 48.6. The molecule has 0 aromatic heterocycles. The average molecular weight is 521 g/mol.